The molecule has 2 aliphatic rings. The van der Waals surface area contributed by atoms with Crippen LogP contribution in [0, 0.1) is 5.41 Å². The number of nitrogens with one attached hydrogen (secondary N) is 1. The molecule has 6 heteroatoms. The molecular formula is C15H28N4O2. The lowest BCUT2D eigenvalue weighted by molar-refractivity contribution is -0.129. The molecule has 120 valence electrons. The van der Waals surface area contributed by atoms with Crippen LogP contribution in [0.4, 0.5) is 0 Å². The molecule has 0 heterocycles. The van der Waals surface area contributed by atoms with Gasteiger partial charge in [0.2, 0.25) is 5.91 Å². The number of oxime groups is 1. The SMILES string of the molecule is CCN(CCNC(=O)C1(C(N)=NO)CCCCC1)C1CC1. The largest absolute Gasteiger partial charge is 0.409 e. The lowest BCUT2D eigenvalue weighted by Gasteiger charge is -2.34. The second kappa shape index (κ2) is 7.11. The summed E-state index contributed by atoms with van der Waals surface area (Å²) in [7, 11) is 0. The van der Waals surface area contributed by atoms with Gasteiger partial charge in [-0.1, -0.05) is 31.3 Å². The second-order valence-electron chi connectivity index (χ2n) is 6.24. The summed E-state index contributed by atoms with van der Waals surface area (Å²) >= 11 is 0. The van der Waals surface area contributed by atoms with Crippen LogP contribution >= 0.6 is 0 Å². The predicted molar refractivity (Wildman–Crippen MR) is 82.2 cm³/mol. The van der Waals surface area contributed by atoms with Crippen molar-refractivity contribution in [2.24, 2.45) is 16.3 Å². The Balaban J connectivity index is 1.89. The van der Waals surface area contributed by atoms with Crippen molar-refractivity contribution in [3.63, 3.8) is 0 Å². The molecule has 2 fully saturated rings. The first kappa shape index (κ1) is 16.1. The van der Waals surface area contributed by atoms with Crippen LogP contribution in [0.1, 0.15) is 51.9 Å². The predicted octanol–water partition coefficient (Wildman–Crippen LogP) is 1.28. The van der Waals surface area contributed by atoms with Gasteiger partial charge >= 0.3 is 0 Å². The van der Waals surface area contributed by atoms with Crippen LogP contribution in [-0.2, 0) is 4.79 Å². The minimum absolute atomic E-state index is 0.0641. The zero-order valence-electron chi connectivity index (χ0n) is 13.0. The molecule has 0 unspecified atom stereocenters. The molecule has 2 rings (SSSR count). The fourth-order valence-corrected chi connectivity index (χ4v) is 3.37. The van der Waals surface area contributed by atoms with Crippen LogP contribution in [0.3, 0.4) is 0 Å². The van der Waals surface area contributed by atoms with E-state index in [-0.39, 0.29) is 11.7 Å². The Bertz CT molecular complexity index is 387. The number of amidine groups is 1. The maximum atomic E-state index is 12.6. The van der Waals surface area contributed by atoms with E-state index in [1.165, 1.54) is 12.8 Å². The zero-order chi connectivity index (χ0) is 15.3. The van der Waals surface area contributed by atoms with Gasteiger partial charge in [0.15, 0.2) is 5.84 Å². The van der Waals surface area contributed by atoms with Crippen molar-refractivity contribution >= 4 is 11.7 Å². The molecule has 0 aliphatic heterocycles. The molecule has 2 aliphatic carbocycles. The van der Waals surface area contributed by atoms with Crippen LogP contribution in [0.2, 0.25) is 0 Å². The topological polar surface area (TPSA) is 91.0 Å². The maximum absolute atomic E-state index is 12.6. The van der Waals surface area contributed by atoms with E-state index >= 15 is 0 Å². The Morgan fingerprint density at radius 2 is 2.05 bits per heavy atom. The van der Waals surface area contributed by atoms with Gasteiger partial charge in [-0.15, -0.1) is 0 Å². The van der Waals surface area contributed by atoms with Gasteiger partial charge in [0.1, 0.15) is 5.41 Å². The summed E-state index contributed by atoms with van der Waals surface area (Å²) in [6, 6.07) is 0.708. The maximum Gasteiger partial charge on any atom is 0.233 e. The Kier molecular flexibility index (Phi) is 5.45. The fraction of sp³-hybridized carbons (Fsp3) is 0.867. The number of likely N-dealkylation sites (N-methyl/N-ethyl adjacent to an activating group) is 1. The number of nitrogens with zero attached hydrogens (tertiary/aromatic N) is 2. The molecule has 0 spiro atoms. The Labute approximate surface area is 126 Å². The molecule has 0 aromatic rings. The van der Waals surface area contributed by atoms with Gasteiger partial charge in [-0.3, -0.25) is 9.69 Å². The van der Waals surface area contributed by atoms with Gasteiger partial charge in [0.25, 0.3) is 0 Å². The van der Waals surface area contributed by atoms with E-state index in [4.69, 9.17) is 10.9 Å². The number of hydrogen-bond donors (Lipinski definition) is 3. The smallest absolute Gasteiger partial charge is 0.233 e. The highest BCUT2D eigenvalue weighted by molar-refractivity contribution is 6.06. The zero-order valence-corrected chi connectivity index (χ0v) is 13.0. The van der Waals surface area contributed by atoms with E-state index in [0.29, 0.717) is 25.4 Å². The molecule has 4 N–H and O–H groups in total. The van der Waals surface area contributed by atoms with Crippen molar-refractivity contribution in [1.29, 1.82) is 0 Å². The molecule has 2 saturated carbocycles. The molecule has 0 aromatic heterocycles. The molecule has 0 atom stereocenters. The molecule has 0 aromatic carbocycles. The fourth-order valence-electron chi connectivity index (χ4n) is 3.37. The lowest BCUT2D eigenvalue weighted by Crippen LogP contribution is -2.52. The molecular weight excluding hydrogens is 268 g/mol. The third-order valence-electron chi connectivity index (χ3n) is 4.89. The summed E-state index contributed by atoms with van der Waals surface area (Å²) in [5.41, 5.74) is 5.03. The lowest BCUT2D eigenvalue weighted by atomic mass is 9.72. The number of rotatable bonds is 7. The van der Waals surface area contributed by atoms with Crippen molar-refractivity contribution in [2.45, 2.75) is 57.9 Å². The highest BCUT2D eigenvalue weighted by atomic mass is 16.4. The quantitative estimate of drug-likeness (QED) is 0.286. The van der Waals surface area contributed by atoms with Crippen LogP contribution in [0.5, 0.6) is 0 Å². The summed E-state index contributed by atoms with van der Waals surface area (Å²) in [6.45, 7) is 4.67. The second-order valence-corrected chi connectivity index (χ2v) is 6.24. The normalized spacial score (nSPS) is 22.3. The Morgan fingerprint density at radius 1 is 1.38 bits per heavy atom. The van der Waals surface area contributed by atoms with Crippen molar-refractivity contribution in [1.82, 2.24) is 10.2 Å². The first-order valence-corrected chi connectivity index (χ1v) is 8.14. The van der Waals surface area contributed by atoms with Crippen molar-refractivity contribution < 1.29 is 10.0 Å². The van der Waals surface area contributed by atoms with E-state index < -0.39 is 5.41 Å². The molecule has 21 heavy (non-hydrogen) atoms. The Hall–Kier alpha value is -1.30. The van der Waals surface area contributed by atoms with E-state index in [2.05, 4.69) is 22.3 Å². The third kappa shape index (κ3) is 3.67. The van der Waals surface area contributed by atoms with Gasteiger partial charge in [-0.25, -0.2) is 0 Å². The van der Waals surface area contributed by atoms with Crippen molar-refractivity contribution in [2.75, 3.05) is 19.6 Å². The summed E-state index contributed by atoms with van der Waals surface area (Å²) in [5, 5.41) is 15.1. The summed E-state index contributed by atoms with van der Waals surface area (Å²) in [4.78, 5) is 15.0. The van der Waals surface area contributed by atoms with Gasteiger partial charge in [-0.05, 0) is 32.2 Å². The molecule has 0 radical (unpaired) electrons. The number of carbonyl (C=O) groups is 1. The minimum atomic E-state index is -0.802. The van der Waals surface area contributed by atoms with Crippen LogP contribution in [0.15, 0.2) is 5.16 Å². The highest BCUT2D eigenvalue weighted by Gasteiger charge is 2.43. The monoisotopic (exact) mass is 296 g/mol. The van der Waals surface area contributed by atoms with Gasteiger partial charge < -0.3 is 16.3 Å². The van der Waals surface area contributed by atoms with Crippen molar-refractivity contribution in [3.8, 4) is 0 Å². The van der Waals surface area contributed by atoms with Crippen molar-refractivity contribution in [3.05, 3.63) is 0 Å². The minimum Gasteiger partial charge on any atom is -0.409 e. The van der Waals surface area contributed by atoms with Crippen LogP contribution < -0.4 is 11.1 Å². The van der Waals surface area contributed by atoms with E-state index in [9.17, 15) is 4.79 Å². The molecule has 6 nitrogen and oxygen atoms in total. The Morgan fingerprint density at radius 3 is 2.57 bits per heavy atom. The summed E-state index contributed by atoms with van der Waals surface area (Å²) in [5.74, 6) is -0.0152. The summed E-state index contributed by atoms with van der Waals surface area (Å²) < 4.78 is 0. The first-order chi connectivity index (χ1) is 10.1. The van der Waals surface area contributed by atoms with Crippen LogP contribution in [-0.4, -0.2) is 47.5 Å². The molecule has 1 amide bonds. The average molecular weight is 296 g/mol. The number of nitrogens with two attached hydrogens (primary N) is 1. The molecule has 0 saturated heterocycles. The first-order valence-electron chi connectivity index (χ1n) is 8.14. The highest BCUT2D eigenvalue weighted by Crippen LogP contribution is 2.36. The van der Waals surface area contributed by atoms with Gasteiger partial charge in [-0.2, -0.15) is 0 Å². The third-order valence-corrected chi connectivity index (χ3v) is 4.89. The molecule has 0 bridgehead atoms. The van der Waals surface area contributed by atoms with E-state index in [1.54, 1.807) is 0 Å². The summed E-state index contributed by atoms with van der Waals surface area (Å²) in [6.07, 6.45) is 6.91. The van der Waals surface area contributed by atoms with Gasteiger partial charge in [0.05, 0.1) is 0 Å². The number of hydrogen-bond acceptors (Lipinski definition) is 4. The van der Waals surface area contributed by atoms with Crippen LogP contribution in [0.25, 0.3) is 0 Å². The number of amides is 1. The number of carbonyl (C=O) groups excluding carboxylic acids is 1. The van der Waals surface area contributed by atoms with Gasteiger partial charge in [0, 0.05) is 19.1 Å². The van der Waals surface area contributed by atoms with E-state index in [1.807, 2.05) is 0 Å². The average Bonchev–Trinajstić information content (AvgIpc) is 3.36. The standard InChI is InChI=1S/C15H28N4O2/c1-2-19(12-6-7-12)11-10-17-14(20)15(13(16)18-21)8-4-3-5-9-15/h12,21H,2-11H2,1H3,(H2,16,18)(H,17,20). The van der Waals surface area contributed by atoms with E-state index in [0.717, 1.165) is 32.4 Å².